The first-order valence-corrected chi connectivity index (χ1v) is 7.48. The van der Waals surface area contributed by atoms with E-state index >= 15 is 0 Å². The molecule has 3 aromatic rings. The second-order valence-corrected chi connectivity index (χ2v) is 5.67. The molecule has 0 bridgehead atoms. The minimum absolute atomic E-state index is 0.0941. The van der Waals surface area contributed by atoms with Gasteiger partial charge in [0.05, 0.1) is 16.8 Å². The van der Waals surface area contributed by atoms with Gasteiger partial charge in [0.15, 0.2) is 0 Å². The Morgan fingerprint density at radius 2 is 1.75 bits per heavy atom. The highest BCUT2D eigenvalue weighted by Gasteiger charge is 2.41. The average Bonchev–Trinajstić information content (AvgIpc) is 2.62. The van der Waals surface area contributed by atoms with E-state index in [9.17, 15) is 8.78 Å². The summed E-state index contributed by atoms with van der Waals surface area (Å²) in [6.45, 7) is 7.59. The highest BCUT2D eigenvalue weighted by molar-refractivity contribution is 6.27. The lowest BCUT2D eigenvalue weighted by atomic mass is 9.94. The van der Waals surface area contributed by atoms with E-state index < -0.39 is 16.6 Å². The molecule has 0 saturated heterocycles. The minimum Gasteiger partial charge on any atom is -0.282 e. The predicted molar refractivity (Wildman–Crippen MR) is 89.3 cm³/mol. The molecule has 2 nitrogen and oxygen atoms in total. The lowest BCUT2D eigenvalue weighted by Gasteiger charge is -2.18. The summed E-state index contributed by atoms with van der Waals surface area (Å²) in [7, 11) is 0. The maximum Gasteiger partial charge on any atom is 0.359 e. The number of hydrogen-bond donors (Lipinski definition) is 0. The van der Waals surface area contributed by atoms with Crippen LogP contribution < -0.4 is 0 Å². The maximum atomic E-state index is 14.2. The molecule has 1 heterocycles. The van der Waals surface area contributed by atoms with Gasteiger partial charge < -0.3 is 0 Å². The van der Waals surface area contributed by atoms with Gasteiger partial charge in [-0.2, -0.15) is 0 Å². The van der Waals surface area contributed by atoms with Crippen LogP contribution >= 0.6 is 11.6 Å². The summed E-state index contributed by atoms with van der Waals surface area (Å²) in [5, 5.41) is 0. The zero-order chi connectivity index (χ0) is 17.2. The lowest BCUT2D eigenvalue weighted by Crippen LogP contribution is -2.17. The Morgan fingerprint density at radius 1 is 1.00 bits per heavy atom. The van der Waals surface area contributed by atoms with Gasteiger partial charge in [-0.3, -0.25) is 9.83 Å². The summed E-state index contributed by atoms with van der Waals surface area (Å²) in [5.74, 6) is -1.44. The quantitative estimate of drug-likeness (QED) is 0.355. The van der Waals surface area contributed by atoms with Gasteiger partial charge in [-0.15, -0.1) is 0 Å². The van der Waals surface area contributed by atoms with Crippen molar-refractivity contribution in [1.29, 1.82) is 0 Å². The van der Waals surface area contributed by atoms with Gasteiger partial charge in [0, 0.05) is 17.8 Å². The second-order valence-electron chi connectivity index (χ2n) is 5.12. The van der Waals surface area contributed by atoms with Gasteiger partial charge in [-0.05, 0) is 48.0 Å². The lowest BCUT2D eigenvalue weighted by molar-refractivity contribution is 0.585. The molecule has 0 aliphatic carbocycles. The van der Waals surface area contributed by atoms with Crippen LogP contribution in [-0.4, -0.2) is 4.98 Å². The monoisotopic (exact) mass is 340 g/mol. The third-order valence-corrected chi connectivity index (χ3v) is 4.17. The molecule has 2 aromatic carbocycles. The fourth-order valence-corrected chi connectivity index (χ4v) is 2.79. The van der Waals surface area contributed by atoms with Crippen LogP contribution in [0.2, 0.25) is 0 Å². The van der Waals surface area contributed by atoms with E-state index in [2.05, 4.69) is 9.83 Å². The van der Waals surface area contributed by atoms with Crippen molar-refractivity contribution in [3.63, 3.8) is 0 Å². The third-order valence-electron chi connectivity index (χ3n) is 3.66. The molecular formula is C19H11ClF2N2. The molecule has 0 aliphatic rings. The van der Waals surface area contributed by atoms with E-state index in [-0.39, 0.29) is 11.3 Å². The number of nitrogens with zero attached hydrogens (tertiary/aromatic N) is 2. The SMILES string of the molecule is [C-]#[N+]C(Cl)(c1ccccc1)c1cccnc1-c1ccc(F)cc1F. The number of benzene rings is 2. The number of alkyl halides is 1. The zero-order valence-electron chi connectivity index (χ0n) is 12.4. The summed E-state index contributed by atoms with van der Waals surface area (Å²) >= 11 is 6.62. The first kappa shape index (κ1) is 16.1. The highest BCUT2D eigenvalue weighted by atomic mass is 35.5. The summed E-state index contributed by atoms with van der Waals surface area (Å²) < 4.78 is 27.4. The van der Waals surface area contributed by atoms with Crippen molar-refractivity contribution < 1.29 is 8.78 Å². The molecule has 118 valence electrons. The van der Waals surface area contributed by atoms with Gasteiger partial charge in [-0.25, -0.2) is 15.4 Å². The van der Waals surface area contributed by atoms with Crippen molar-refractivity contribution in [2.75, 3.05) is 0 Å². The highest BCUT2D eigenvalue weighted by Crippen LogP contribution is 2.42. The van der Waals surface area contributed by atoms with Crippen molar-refractivity contribution in [3.05, 3.63) is 101 Å². The van der Waals surface area contributed by atoms with Crippen LogP contribution in [0.25, 0.3) is 16.1 Å². The number of aromatic nitrogens is 1. The molecular weight excluding hydrogens is 330 g/mol. The normalized spacial score (nSPS) is 13.1. The molecule has 0 fully saturated rings. The van der Waals surface area contributed by atoms with E-state index in [4.69, 9.17) is 18.2 Å². The Balaban J connectivity index is 2.25. The van der Waals surface area contributed by atoms with Gasteiger partial charge in [0.25, 0.3) is 0 Å². The molecule has 1 unspecified atom stereocenters. The Bertz CT molecular complexity index is 922. The van der Waals surface area contributed by atoms with Crippen LogP contribution in [-0.2, 0) is 5.00 Å². The summed E-state index contributed by atoms with van der Waals surface area (Å²) in [6.07, 6.45) is 1.48. The molecule has 0 amide bonds. The first-order valence-electron chi connectivity index (χ1n) is 7.10. The van der Waals surface area contributed by atoms with Crippen LogP contribution in [0.15, 0.2) is 66.9 Å². The van der Waals surface area contributed by atoms with Crippen LogP contribution in [0.5, 0.6) is 0 Å². The van der Waals surface area contributed by atoms with Crippen LogP contribution in [0, 0.1) is 18.2 Å². The van der Waals surface area contributed by atoms with E-state index in [0.29, 0.717) is 11.1 Å². The van der Waals surface area contributed by atoms with Crippen molar-refractivity contribution in [2.24, 2.45) is 0 Å². The average molecular weight is 341 g/mol. The third kappa shape index (κ3) is 2.75. The van der Waals surface area contributed by atoms with Crippen LogP contribution in [0.1, 0.15) is 11.1 Å². The minimum atomic E-state index is -1.55. The molecule has 0 radical (unpaired) electrons. The largest absolute Gasteiger partial charge is 0.359 e. The van der Waals surface area contributed by atoms with Gasteiger partial charge in [-0.1, -0.05) is 18.2 Å². The van der Waals surface area contributed by atoms with Crippen LogP contribution in [0.3, 0.4) is 0 Å². The number of hydrogen-bond acceptors (Lipinski definition) is 1. The molecule has 3 rings (SSSR count). The van der Waals surface area contributed by atoms with E-state index in [0.717, 1.165) is 12.1 Å². The van der Waals surface area contributed by atoms with Gasteiger partial charge in [0.2, 0.25) is 0 Å². The Hall–Kier alpha value is -2.77. The summed E-state index contributed by atoms with van der Waals surface area (Å²) in [5.41, 5.74) is 1.21. The Labute approximate surface area is 143 Å². The maximum absolute atomic E-state index is 14.2. The zero-order valence-corrected chi connectivity index (χ0v) is 13.1. The van der Waals surface area contributed by atoms with Crippen molar-refractivity contribution >= 4 is 11.6 Å². The van der Waals surface area contributed by atoms with Crippen molar-refractivity contribution in [3.8, 4) is 11.3 Å². The predicted octanol–water partition coefficient (Wildman–Crippen LogP) is 5.39. The molecule has 0 spiro atoms. The second kappa shape index (κ2) is 6.38. The van der Waals surface area contributed by atoms with E-state index in [1.54, 1.807) is 36.4 Å². The Morgan fingerprint density at radius 3 is 2.42 bits per heavy atom. The van der Waals surface area contributed by atoms with E-state index in [1.807, 2.05) is 6.07 Å². The standard InChI is InChI=1S/C19H11ClF2N2/c1-23-19(20,13-6-3-2-4-7-13)16-8-5-11-24-18(16)15-10-9-14(21)12-17(15)22/h2-12H. The summed E-state index contributed by atoms with van der Waals surface area (Å²) in [6, 6.07) is 15.3. The number of rotatable bonds is 3. The van der Waals surface area contributed by atoms with Crippen molar-refractivity contribution in [2.45, 2.75) is 5.00 Å². The molecule has 0 saturated carbocycles. The fraction of sp³-hybridized carbons (Fsp3) is 0.0526. The van der Waals surface area contributed by atoms with Gasteiger partial charge in [0.1, 0.15) is 11.6 Å². The van der Waals surface area contributed by atoms with Gasteiger partial charge >= 0.3 is 5.00 Å². The number of halogens is 3. The van der Waals surface area contributed by atoms with E-state index in [1.165, 1.54) is 12.3 Å². The molecule has 1 aromatic heterocycles. The molecule has 0 N–H and O–H groups in total. The number of pyridine rings is 1. The Kier molecular flexibility index (Phi) is 4.28. The molecule has 5 heteroatoms. The van der Waals surface area contributed by atoms with Crippen molar-refractivity contribution in [1.82, 2.24) is 4.98 Å². The summed E-state index contributed by atoms with van der Waals surface area (Å²) in [4.78, 5) is 6.21. The fourth-order valence-electron chi connectivity index (χ4n) is 2.51. The smallest absolute Gasteiger partial charge is 0.282 e. The van der Waals surface area contributed by atoms with Crippen LogP contribution in [0.4, 0.5) is 8.78 Å². The first-order chi connectivity index (χ1) is 11.6. The topological polar surface area (TPSA) is 17.2 Å². The molecule has 1 atom stereocenters. The molecule has 24 heavy (non-hydrogen) atoms. The molecule has 0 aliphatic heterocycles.